The number of hydrogen-bond acceptors (Lipinski definition) is 3. The van der Waals surface area contributed by atoms with E-state index in [0.29, 0.717) is 19.7 Å². The minimum atomic E-state index is -0.929. The van der Waals surface area contributed by atoms with Crippen LogP contribution < -0.4 is 5.32 Å². The van der Waals surface area contributed by atoms with Gasteiger partial charge in [-0.1, -0.05) is 24.3 Å². The van der Waals surface area contributed by atoms with Crippen molar-refractivity contribution in [2.75, 3.05) is 19.8 Å². The molecule has 1 aliphatic heterocycles. The summed E-state index contributed by atoms with van der Waals surface area (Å²) in [4.78, 5) is 24.6. The number of ether oxygens (including phenoxy) is 1. The van der Waals surface area contributed by atoms with Gasteiger partial charge in [0.15, 0.2) is 0 Å². The Labute approximate surface area is 123 Å². The second kappa shape index (κ2) is 7.08. The van der Waals surface area contributed by atoms with Crippen LogP contribution in [-0.4, -0.2) is 47.8 Å². The second-order valence-corrected chi connectivity index (χ2v) is 5.11. The molecular formula is C15H20N2O4. The van der Waals surface area contributed by atoms with Crippen molar-refractivity contribution in [1.29, 1.82) is 0 Å². The number of amides is 2. The molecule has 1 aromatic carbocycles. The maximum atomic E-state index is 12.2. The molecule has 1 unspecified atom stereocenters. The Morgan fingerprint density at radius 2 is 2.19 bits per heavy atom. The van der Waals surface area contributed by atoms with E-state index in [1.807, 2.05) is 31.2 Å². The molecule has 0 spiro atoms. The molecule has 0 aromatic heterocycles. The molecule has 0 radical (unpaired) electrons. The van der Waals surface area contributed by atoms with Crippen LogP contribution in [0.3, 0.4) is 0 Å². The lowest BCUT2D eigenvalue weighted by Gasteiger charge is -2.34. The summed E-state index contributed by atoms with van der Waals surface area (Å²) < 4.78 is 5.26. The molecule has 1 atom stereocenters. The Balaban J connectivity index is 1.94. The van der Waals surface area contributed by atoms with Gasteiger partial charge in [-0.2, -0.15) is 0 Å². The van der Waals surface area contributed by atoms with Crippen LogP contribution in [0.5, 0.6) is 0 Å². The van der Waals surface area contributed by atoms with Crippen LogP contribution in [0, 0.1) is 6.92 Å². The summed E-state index contributed by atoms with van der Waals surface area (Å²) in [6.45, 7) is 3.54. The lowest BCUT2D eigenvalue weighted by molar-refractivity contribution is -0.139. The lowest BCUT2D eigenvalue weighted by atomic mass is 10.1. The predicted molar refractivity (Wildman–Crippen MR) is 77.0 cm³/mol. The molecule has 1 heterocycles. The largest absolute Gasteiger partial charge is 0.481 e. The fraction of sp³-hybridized carbons (Fsp3) is 0.467. The quantitative estimate of drug-likeness (QED) is 0.878. The molecule has 0 bridgehead atoms. The highest BCUT2D eigenvalue weighted by Crippen LogP contribution is 2.12. The molecule has 2 rings (SSSR count). The van der Waals surface area contributed by atoms with Crippen molar-refractivity contribution in [3.63, 3.8) is 0 Å². The molecule has 2 N–H and O–H groups in total. The van der Waals surface area contributed by atoms with Crippen molar-refractivity contribution in [2.45, 2.75) is 25.9 Å². The van der Waals surface area contributed by atoms with E-state index in [2.05, 4.69) is 5.32 Å². The highest BCUT2D eigenvalue weighted by atomic mass is 16.5. The molecule has 6 nitrogen and oxygen atoms in total. The second-order valence-electron chi connectivity index (χ2n) is 5.11. The number of carbonyl (C=O) groups is 2. The van der Waals surface area contributed by atoms with Crippen LogP contribution in [0.25, 0.3) is 0 Å². The van der Waals surface area contributed by atoms with Gasteiger partial charge in [0.1, 0.15) is 0 Å². The highest BCUT2D eigenvalue weighted by Gasteiger charge is 2.28. The first-order valence-corrected chi connectivity index (χ1v) is 6.96. The maximum Gasteiger partial charge on any atom is 0.318 e. The van der Waals surface area contributed by atoms with Crippen LogP contribution >= 0.6 is 0 Å². The zero-order valence-corrected chi connectivity index (χ0v) is 12.0. The minimum absolute atomic E-state index is 0.0994. The van der Waals surface area contributed by atoms with E-state index >= 15 is 0 Å². The summed E-state index contributed by atoms with van der Waals surface area (Å²) in [6.07, 6.45) is -0.0994. The molecule has 0 aliphatic carbocycles. The third-order valence-corrected chi connectivity index (χ3v) is 3.59. The minimum Gasteiger partial charge on any atom is -0.481 e. The number of carboxylic acids is 1. The first-order chi connectivity index (χ1) is 10.1. The van der Waals surface area contributed by atoms with Crippen molar-refractivity contribution >= 4 is 12.0 Å². The number of morpholine rings is 1. The Bertz CT molecular complexity index is 518. The topological polar surface area (TPSA) is 78.9 Å². The maximum absolute atomic E-state index is 12.2. The number of aryl methyl sites for hydroxylation is 1. The van der Waals surface area contributed by atoms with Crippen molar-refractivity contribution in [2.24, 2.45) is 0 Å². The normalized spacial score (nSPS) is 18.3. The zero-order chi connectivity index (χ0) is 15.2. The monoisotopic (exact) mass is 292 g/mol. The van der Waals surface area contributed by atoms with Crippen molar-refractivity contribution in [3.8, 4) is 0 Å². The summed E-state index contributed by atoms with van der Waals surface area (Å²) in [5, 5.41) is 11.7. The van der Waals surface area contributed by atoms with Crippen LogP contribution in [0.15, 0.2) is 24.3 Å². The van der Waals surface area contributed by atoms with E-state index in [1.165, 1.54) is 0 Å². The molecule has 2 amide bonds. The molecule has 114 valence electrons. The fourth-order valence-corrected chi connectivity index (χ4v) is 2.37. The molecule has 6 heteroatoms. The average Bonchev–Trinajstić information content (AvgIpc) is 2.46. The fourth-order valence-electron chi connectivity index (χ4n) is 2.37. The Morgan fingerprint density at radius 1 is 1.43 bits per heavy atom. The summed E-state index contributed by atoms with van der Waals surface area (Å²) in [5.74, 6) is -0.929. The Hall–Kier alpha value is -2.08. The molecule has 21 heavy (non-hydrogen) atoms. The third kappa shape index (κ3) is 4.19. The van der Waals surface area contributed by atoms with Gasteiger partial charge in [0.25, 0.3) is 0 Å². The third-order valence-electron chi connectivity index (χ3n) is 3.59. The number of nitrogens with zero attached hydrogens (tertiary/aromatic N) is 1. The number of benzene rings is 1. The Morgan fingerprint density at radius 3 is 2.90 bits per heavy atom. The van der Waals surface area contributed by atoms with E-state index in [9.17, 15) is 9.59 Å². The number of aliphatic carboxylic acids is 1. The van der Waals surface area contributed by atoms with E-state index in [0.717, 1.165) is 11.1 Å². The van der Waals surface area contributed by atoms with Gasteiger partial charge in [-0.05, 0) is 18.1 Å². The number of urea groups is 1. The van der Waals surface area contributed by atoms with Crippen LogP contribution in [-0.2, 0) is 16.1 Å². The average molecular weight is 292 g/mol. The summed E-state index contributed by atoms with van der Waals surface area (Å²) in [5.41, 5.74) is 2.16. The number of carboxylic acid groups (broad SMARTS) is 1. The van der Waals surface area contributed by atoms with Crippen LogP contribution in [0.4, 0.5) is 4.79 Å². The molecule has 1 saturated heterocycles. The van der Waals surface area contributed by atoms with Gasteiger partial charge in [-0.25, -0.2) is 4.79 Å². The van der Waals surface area contributed by atoms with Gasteiger partial charge in [0.2, 0.25) is 0 Å². The van der Waals surface area contributed by atoms with Gasteiger partial charge < -0.3 is 20.1 Å². The van der Waals surface area contributed by atoms with E-state index in [1.54, 1.807) is 4.90 Å². The SMILES string of the molecule is Cc1ccccc1CNC(=O)N1CCOCC1CC(=O)O. The lowest BCUT2D eigenvalue weighted by Crippen LogP contribution is -2.53. The highest BCUT2D eigenvalue weighted by molar-refractivity contribution is 5.76. The van der Waals surface area contributed by atoms with Crippen LogP contribution in [0.2, 0.25) is 0 Å². The zero-order valence-electron chi connectivity index (χ0n) is 12.0. The van der Waals surface area contributed by atoms with E-state index in [-0.39, 0.29) is 19.1 Å². The van der Waals surface area contributed by atoms with E-state index < -0.39 is 12.0 Å². The summed E-state index contributed by atoms with van der Waals surface area (Å²) in [6, 6.07) is 7.18. The van der Waals surface area contributed by atoms with Crippen molar-refractivity contribution < 1.29 is 19.4 Å². The van der Waals surface area contributed by atoms with Crippen LogP contribution in [0.1, 0.15) is 17.5 Å². The van der Waals surface area contributed by atoms with Gasteiger partial charge in [-0.3, -0.25) is 4.79 Å². The smallest absolute Gasteiger partial charge is 0.318 e. The molecule has 1 fully saturated rings. The molecule has 1 aliphatic rings. The number of hydrogen-bond donors (Lipinski definition) is 2. The van der Waals surface area contributed by atoms with Crippen molar-refractivity contribution in [1.82, 2.24) is 10.2 Å². The van der Waals surface area contributed by atoms with Gasteiger partial charge >= 0.3 is 12.0 Å². The molecule has 0 saturated carbocycles. The number of carbonyl (C=O) groups excluding carboxylic acids is 1. The summed E-state index contributed by atoms with van der Waals surface area (Å²) >= 11 is 0. The van der Waals surface area contributed by atoms with Crippen molar-refractivity contribution in [3.05, 3.63) is 35.4 Å². The molecular weight excluding hydrogens is 272 g/mol. The predicted octanol–water partition coefficient (Wildman–Crippen LogP) is 1.38. The van der Waals surface area contributed by atoms with Gasteiger partial charge in [0, 0.05) is 13.1 Å². The first kappa shape index (κ1) is 15.3. The van der Waals surface area contributed by atoms with Gasteiger partial charge in [0.05, 0.1) is 25.7 Å². The number of nitrogens with one attached hydrogen (secondary N) is 1. The van der Waals surface area contributed by atoms with Gasteiger partial charge in [-0.15, -0.1) is 0 Å². The summed E-state index contributed by atoms with van der Waals surface area (Å²) in [7, 11) is 0. The number of rotatable bonds is 4. The standard InChI is InChI=1S/C15H20N2O4/c1-11-4-2-3-5-12(11)9-16-15(20)17-6-7-21-10-13(17)8-14(18)19/h2-5,13H,6-10H2,1H3,(H,16,20)(H,18,19). The van der Waals surface area contributed by atoms with E-state index in [4.69, 9.17) is 9.84 Å². The first-order valence-electron chi connectivity index (χ1n) is 6.96. The molecule has 1 aromatic rings. The Kier molecular flexibility index (Phi) is 5.16.